The molecule has 0 fully saturated rings. The van der Waals surface area contributed by atoms with Crippen molar-refractivity contribution in [3.05, 3.63) is 0 Å². The molecule has 0 aliphatic carbocycles. The molecule has 0 radical (unpaired) electrons. The molecule has 0 rings (SSSR count). The van der Waals surface area contributed by atoms with Gasteiger partial charge in [0.25, 0.3) is 5.50 Å². The predicted octanol–water partition coefficient (Wildman–Crippen LogP) is 2.81. The molecule has 0 heterocycles. The van der Waals surface area contributed by atoms with Crippen molar-refractivity contribution in [3.8, 4) is 0 Å². The van der Waals surface area contributed by atoms with Gasteiger partial charge in [0.15, 0.2) is 0 Å². The van der Waals surface area contributed by atoms with Gasteiger partial charge < -0.3 is 4.55 Å². The SMILES string of the molecule is O=S(=O)([O-])C(F)C(F)(F)C(F)(F)C(F)(F)C(F)(F)C(F)(F)C(F)(F)C(F)(F)C(F)(F)C(F)(F)C(F)F.[K+]. The van der Waals surface area contributed by atoms with Crippen LogP contribution in [0.25, 0.3) is 0 Å². The average molecular weight is 652 g/mol. The Kier molecular flexibility index (Phi) is 10.8. The molecule has 1 atom stereocenters. The van der Waals surface area contributed by atoms with Crippen molar-refractivity contribution in [2.75, 3.05) is 0 Å². The molecule has 0 N–H and O–H groups in total. The largest absolute Gasteiger partial charge is 1.00 e. The molecular weight excluding hydrogens is 650 g/mol. The molecule has 0 spiro atoms. The normalized spacial score (nSPS) is 17.1. The Morgan fingerprint density at radius 2 is 0.622 bits per heavy atom. The minimum atomic E-state index is -9.32. The molecule has 218 valence electrons. The molecule has 0 bridgehead atoms. The zero-order valence-corrected chi connectivity index (χ0v) is 20.2. The van der Waals surface area contributed by atoms with Crippen LogP contribution in [-0.2, 0) is 10.1 Å². The first-order valence-corrected chi connectivity index (χ1v) is 8.84. The topological polar surface area (TPSA) is 57.2 Å². The molecule has 26 heteroatoms. The fourth-order valence-corrected chi connectivity index (χ4v) is 2.38. The van der Waals surface area contributed by atoms with Gasteiger partial charge in [-0.2, -0.15) is 79.0 Å². The Bertz CT molecular complexity index is 928. The Hall–Kier alpha value is 0.0764. The van der Waals surface area contributed by atoms with Gasteiger partial charge in [-0.05, 0) is 0 Å². The van der Waals surface area contributed by atoms with Gasteiger partial charge >= 0.3 is 111 Å². The maximum atomic E-state index is 13.4. The van der Waals surface area contributed by atoms with Crippen LogP contribution >= 0.6 is 0 Å². The first kappa shape index (κ1) is 39.2. The molecule has 0 aromatic carbocycles. The summed E-state index contributed by atoms with van der Waals surface area (Å²) in [4.78, 5) is 0. The van der Waals surface area contributed by atoms with Crippen LogP contribution in [0.1, 0.15) is 0 Å². The van der Waals surface area contributed by atoms with Crippen molar-refractivity contribution in [1.29, 1.82) is 0 Å². The number of alkyl halides is 21. The minimum absolute atomic E-state index is 0. The van der Waals surface area contributed by atoms with Crippen LogP contribution in [0.5, 0.6) is 0 Å². The van der Waals surface area contributed by atoms with E-state index in [-0.39, 0.29) is 51.4 Å². The third-order valence-corrected chi connectivity index (χ3v) is 4.82. The van der Waals surface area contributed by atoms with Gasteiger partial charge in [-0.3, -0.25) is 0 Å². The van der Waals surface area contributed by atoms with Crippen molar-refractivity contribution < 1.29 is 157 Å². The molecule has 0 saturated heterocycles. The predicted molar refractivity (Wildman–Crippen MR) is 65.1 cm³/mol. The molecule has 0 aliphatic rings. The molecule has 0 saturated carbocycles. The second-order valence-corrected chi connectivity index (χ2v) is 7.78. The van der Waals surface area contributed by atoms with Crippen molar-refractivity contribution in [1.82, 2.24) is 0 Å². The van der Waals surface area contributed by atoms with E-state index in [0.717, 1.165) is 0 Å². The second kappa shape index (κ2) is 10.2. The van der Waals surface area contributed by atoms with E-state index in [2.05, 4.69) is 0 Å². The van der Waals surface area contributed by atoms with Gasteiger partial charge in [-0.15, -0.1) is 0 Å². The summed E-state index contributed by atoms with van der Waals surface area (Å²) in [5.41, 5.74) is -6.27. The Morgan fingerprint density at radius 3 is 0.811 bits per heavy atom. The van der Waals surface area contributed by atoms with Gasteiger partial charge in [-0.25, -0.2) is 21.6 Å². The van der Waals surface area contributed by atoms with Gasteiger partial charge in [0.2, 0.25) is 0 Å². The van der Waals surface area contributed by atoms with Crippen molar-refractivity contribution >= 4 is 10.1 Å². The fourth-order valence-electron chi connectivity index (χ4n) is 1.87. The summed E-state index contributed by atoms with van der Waals surface area (Å²) < 4.78 is 303. The molecule has 0 aliphatic heterocycles. The van der Waals surface area contributed by atoms with Gasteiger partial charge in [0, 0.05) is 0 Å². The zero-order valence-electron chi connectivity index (χ0n) is 16.2. The summed E-state index contributed by atoms with van der Waals surface area (Å²) in [6.45, 7) is 0. The third kappa shape index (κ3) is 5.16. The van der Waals surface area contributed by atoms with E-state index in [1.807, 2.05) is 0 Å². The Labute approximate surface area is 230 Å². The Morgan fingerprint density at radius 1 is 0.432 bits per heavy atom. The average Bonchev–Trinajstić information content (AvgIpc) is 2.64. The van der Waals surface area contributed by atoms with E-state index in [1.54, 1.807) is 0 Å². The molecule has 0 aromatic heterocycles. The maximum Gasteiger partial charge on any atom is 1.00 e. The van der Waals surface area contributed by atoms with Crippen LogP contribution in [0.15, 0.2) is 0 Å². The van der Waals surface area contributed by atoms with Crippen molar-refractivity contribution in [2.24, 2.45) is 0 Å². The van der Waals surface area contributed by atoms with E-state index in [4.69, 9.17) is 0 Å². The standard InChI is InChI=1S/C11H3F21O3S.K/c12-1(13)3(15,16)5(19,20)7(23,24)9(27,28)11(31,32)10(29,30)8(25,26)6(21,22)4(17,18)2(14)36(33,34)35;/h1-2H,(H,33,34,35);/q;+1/p-1. The molecule has 1 unspecified atom stereocenters. The smallest absolute Gasteiger partial charge is 0.746 e. The minimum Gasteiger partial charge on any atom is -0.746 e. The first-order valence-electron chi connectivity index (χ1n) is 7.37. The molecule has 0 amide bonds. The summed E-state index contributed by atoms with van der Waals surface area (Å²) in [5, 5.41) is 0. The number of halogens is 21. The first-order chi connectivity index (χ1) is 15.1. The van der Waals surface area contributed by atoms with E-state index in [0.29, 0.717) is 0 Å². The molecular formula is C11H2F21KO3S. The van der Waals surface area contributed by atoms with Crippen LogP contribution in [0.3, 0.4) is 0 Å². The second-order valence-electron chi connectivity index (χ2n) is 6.38. The molecule has 0 aromatic rings. The zero-order chi connectivity index (χ0) is 30.2. The van der Waals surface area contributed by atoms with Gasteiger partial charge in [0.1, 0.15) is 10.1 Å². The van der Waals surface area contributed by atoms with Gasteiger partial charge in [-0.1, -0.05) is 0 Å². The Balaban J connectivity index is 0. The van der Waals surface area contributed by atoms with Crippen LogP contribution in [0.4, 0.5) is 92.2 Å². The van der Waals surface area contributed by atoms with Crippen LogP contribution in [0, 0.1) is 0 Å². The number of hydrogen-bond donors (Lipinski definition) is 0. The third-order valence-electron chi connectivity index (χ3n) is 4.02. The van der Waals surface area contributed by atoms with E-state index < -0.39 is 75.4 Å². The maximum absolute atomic E-state index is 13.4. The van der Waals surface area contributed by atoms with Crippen LogP contribution < -0.4 is 51.4 Å². The monoisotopic (exact) mass is 652 g/mol. The number of hydrogen-bond acceptors (Lipinski definition) is 3. The molecule has 3 nitrogen and oxygen atoms in total. The summed E-state index contributed by atoms with van der Waals surface area (Å²) in [6, 6.07) is 0. The van der Waals surface area contributed by atoms with Crippen LogP contribution in [-0.4, -0.2) is 78.2 Å². The summed E-state index contributed by atoms with van der Waals surface area (Å²) in [7, 11) is -7.61. The van der Waals surface area contributed by atoms with Crippen LogP contribution in [0.2, 0.25) is 0 Å². The van der Waals surface area contributed by atoms with Crippen molar-refractivity contribution in [2.45, 2.75) is 65.2 Å². The number of rotatable bonds is 11. The van der Waals surface area contributed by atoms with Crippen molar-refractivity contribution in [3.63, 3.8) is 0 Å². The van der Waals surface area contributed by atoms with Gasteiger partial charge in [0.05, 0.1) is 0 Å². The summed E-state index contributed by atoms with van der Waals surface area (Å²) in [6.07, 6.45) is -6.21. The molecule has 37 heavy (non-hydrogen) atoms. The summed E-state index contributed by atoms with van der Waals surface area (Å²) >= 11 is 0. The fraction of sp³-hybridized carbons (Fsp3) is 1.00. The summed E-state index contributed by atoms with van der Waals surface area (Å²) in [5.74, 6) is -79.3. The van der Waals surface area contributed by atoms with E-state index >= 15 is 0 Å². The van der Waals surface area contributed by atoms with E-state index in [1.165, 1.54) is 0 Å². The van der Waals surface area contributed by atoms with E-state index in [9.17, 15) is 105 Å². The quantitative estimate of drug-likeness (QED) is 0.196.